The van der Waals surface area contributed by atoms with Gasteiger partial charge in [0, 0.05) is 27.9 Å². The summed E-state index contributed by atoms with van der Waals surface area (Å²) in [5.74, 6) is 0. The molecule has 0 spiro atoms. The van der Waals surface area contributed by atoms with E-state index < -0.39 is 0 Å². The van der Waals surface area contributed by atoms with Gasteiger partial charge in [0.1, 0.15) is 0 Å². The molecule has 4 rings (SSSR count). The summed E-state index contributed by atoms with van der Waals surface area (Å²) in [4.78, 5) is 0. The number of nitrogens with two attached hydrogens (primary N) is 2. The van der Waals surface area contributed by atoms with Crippen LogP contribution in [0.5, 0.6) is 0 Å². The molecule has 0 amide bonds. The first-order valence-electron chi connectivity index (χ1n) is 9.87. The molecule has 0 saturated heterocycles. The van der Waals surface area contributed by atoms with Crippen LogP contribution in [0.2, 0.25) is 0 Å². The second-order valence-electron chi connectivity index (χ2n) is 7.96. The average molecular weight is 379 g/mol. The van der Waals surface area contributed by atoms with E-state index in [0.717, 1.165) is 33.6 Å². The monoisotopic (exact) mass is 378 g/mol. The number of hydrogen-bond donors (Lipinski definition) is 2. The third-order valence-corrected chi connectivity index (χ3v) is 5.72. The summed E-state index contributed by atoms with van der Waals surface area (Å²) in [5, 5.41) is 0. The number of benzene rings is 4. The Morgan fingerprint density at radius 3 is 1.28 bits per heavy atom. The molecule has 0 saturated carbocycles. The molecule has 0 aliphatic rings. The lowest BCUT2D eigenvalue weighted by Gasteiger charge is -2.28. The molecule has 4 N–H and O–H groups in total. The van der Waals surface area contributed by atoms with Gasteiger partial charge < -0.3 is 11.5 Å². The summed E-state index contributed by atoms with van der Waals surface area (Å²) in [6.07, 6.45) is 0. The maximum Gasteiger partial charge on any atom is 0.0393 e. The van der Waals surface area contributed by atoms with E-state index in [1.54, 1.807) is 0 Å². The molecule has 0 aliphatic carbocycles. The third-order valence-electron chi connectivity index (χ3n) is 5.72. The molecular weight excluding hydrogens is 352 g/mol. The van der Waals surface area contributed by atoms with Crippen LogP contribution in [0.3, 0.4) is 0 Å². The van der Waals surface area contributed by atoms with Gasteiger partial charge in [0.25, 0.3) is 0 Å². The van der Waals surface area contributed by atoms with E-state index in [1.165, 1.54) is 11.1 Å². The molecule has 4 aromatic carbocycles. The average Bonchev–Trinajstić information content (AvgIpc) is 2.75. The molecule has 0 aliphatic heterocycles. The van der Waals surface area contributed by atoms with Crippen molar-refractivity contribution in [2.45, 2.75) is 19.3 Å². The summed E-state index contributed by atoms with van der Waals surface area (Å²) >= 11 is 0. The van der Waals surface area contributed by atoms with Gasteiger partial charge in [-0.1, -0.05) is 86.6 Å². The Hall–Kier alpha value is -3.52. The van der Waals surface area contributed by atoms with Gasteiger partial charge in [-0.05, 0) is 46.5 Å². The Morgan fingerprint density at radius 1 is 0.517 bits per heavy atom. The molecule has 0 unspecified atom stereocenters. The first-order chi connectivity index (χ1) is 14.0. The van der Waals surface area contributed by atoms with Gasteiger partial charge in [0.15, 0.2) is 0 Å². The second-order valence-corrected chi connectivity index (χ2v) is 7.96. The van der Waals surface area contributed by atoms with E-state index in [4.69, 9.17) is 11.5 Å². The third kappa shape index (κ3) is 3.62. The molecule has 0 heterocycles. The fraction of sp³-hybridized carbons (Fsp3) is 0.111. The van der Waals surface area contributed by atoms with Crippen molar-refractivity contribution in [3.63, 3.8) is 0 Å². The molecule has 29 heavy (non-hydrogen) atoms. The fourth-order valence-corrected chi connectivity index (χ4v) is 3.79. The van der Waals surface area contributed by atoms with Crippen molar-refractivity contribution in [3.05, 3.63) is 108 Å². The van der Waals surface area contributed by atoms with Crippen molar-refractivity contribution >= 4 is 11.4 Å². The molecule has 144 valence electrons. The molecule has 0 radical (unpaired) electrons. The Balaban J connectivity index is 1.80. The van der Waals surface area contributed by atoms with Gasteiger partial charge in [0.05, 0.1) is 0 Å². The highest BCUT2D eigenvalue weighted by atomic mass is 14.6. The van der Waals surface area contributed by atoms with Gasteiger partial charge in [-0.3, -0.25) is 0 Å². The van der Waals surface area contributed by atoms with Crippen LogP contribution in [0.25, 0.3) is 22.3 Å². The molecule has 2 heteroatoms. The minimum absolute atomic E-state index is 0.200. The first-order valence-corrected chi connectivity index (χ1v) is 9.87. The largest absolute Gasteiger partial charge is 0.398 e. The lowest BCUT2D eigenvalue weighted by molar-refractivity contribution is 0.641. The lowest BCUT2D eigenvalue weighted by atomic mass is 9.76. The molecule has 4 aromatic rings. The quantitative estimate of drug-likeness (QED) is 0.398. The molecule has 0 aromatic heterocycles. The van der Waals surface area contributed by atoms with E-state index in [9.17, 15) is 0 Å². The van der Waals surface area contributed by atoms with E-state index in [1.807, 2.05) is 48.5 Å². The van der Waals surface area contributed by atoms with Crippen molar-refractivity contribution in [3.8, 4) is 22.3 Å². The minimum Gasteiger partial charge on any atom is -0.398 e. The van der Waals surface area contributed by atoms with E-state index in [-0.39, 0.29) is 5.41 Å². The van der Waals surface area contributed by atoms with Crippen LogP contribution in [-0.4, -0.2) is 0 Å². The van der Waals surface area contributed by atoms with Crippen LogP contribution in [0.1, 0.15) is 25.0 Å². The van der Waals surface area contributed by atoms with Crippen molar-refractivity contribution in [1.82, 2.24) is 0 Å². The van der Waals surface area contributed by atoms with Crippen molar-refractivity contribution in [2.75, 3.05) is 11.5 Å². The lowest BCUT2D eigenvalue weighted by Crippen LogP contribution is -2.19. The maximum absolute atomic E-state index is 6.31. The van der Waals surface area contributed by atoms with Gasteiger partial charge in [-0.25, -0.2) is 0 Å². The molecular formula is C27H26N2. The van der Waals surface area contributed by atoms with Crippen molar-refractivity contribution in [1.29, 1.82) is 0 Å². The first kappa shape index (κ1) is 18.8. The summed E-state index contributed by atoms with van der Waals surface area (Å²) in [7, 11) is 0. The predicted molar refractivity (Wildman–Crippen MR) is 125 cm³/mol. The number of anilines is 2. The SMILES string of the molecule is CC(C)(c1ccc(N)c(-c2ccccc2)c1)c1ccc(N)c(-c2ccccc2)c1. The highest BCUT2D eigenvalue weighted by molar-refractivity contribution is 5.79. The normalized spacial score (nSPS) is 11.4. The minimum atomic E-state index is -0.200. The highest BCUT2D eigenvalue weighted by Crippen LogP contribution is 2.38. The van der Waals surface area contributed by atoms with Crippen LogP contribution >= 0.6 is 0 Å². The Kier molecular flexibility index (Phi) is 4.85. The Morgan fingerprint density at radius 2 is 0.897 bits per heavy atom. The number of rotatable bonds is 4. The number of nitrogen functional groups attached to an aromatic ring is 2. The summed E-state index contributed by atoms with van der Waals surface area (Å²) in [6, 6.07) is 33.3. The van der Waals surface area contributed by atoms with E-state index in [0.29, 0.717) is 0 Å². The highest BCUT2D eigenvalue weighted by Gasteiger charge is 2.25. The van der Waals surface area contributed by atoms with Gasteiger partial charge in [0.2, 0.25) is 0 Å². The topological polar surface area (TPSA) is 52.0 Å². The van der Waals surface area contributed by atoms with Gasteiger partial charge in [-0.15, -0.1) is 0 Å². The maximum atomic E-state index is 6.31. The van der Waals surface area contributed by atoms with Crippen LogP contribution in [-0.2, 0) is 5.41 Å². The van der Waals surface area contributed by atoms with Gasteiger partial charge in [-0.2, -0.15) is 0 Å². The van der Waals surface area contributed by atoms with Crippen molar-refractivity contribution in [2.24, 2.45) is 0 Å². The molecule has 0 fully saturated rings. The fourth-order valence-electron chi connectivity index (χ4n) is 3.79. The van der Waals surface area contributed by atoms with Crippen LogP contribution in [0.4, 0.5) is 11.4 Å². The summed E-state index contributed by atoms with van der Waals surface area (Å²) in [6.45, 7) is 4.49. The zero-order valence-electron chi connectivity index (χ0n) is 16.9. The standard InChI is InChI=1S/C27H26N2/c1-27(2,21-13-15-25(28)23(17-21)19-9-5-3-6-10-19)22-14-16-26(29)24(18-22)20-11-7-4-8-12-20/h3-18H,28-29H2,1-2H3. The Bertz CT molecular complexity index is 1040. The van der Waals surface area contributed by atoms with Crippen LogP contribution < -0.4 is 11.5 Å². The van der Waals surface area contributed by atoms with E-state index in [2.05, 4.69) is 62.4 Å². The van der Waals surface area contributed by atoms with Crippen LogP contribution in [0.15, 0.2) is 97.1 Å². The Labute approximate surface area is 172 Å². The van der Waals surface area contributed by atoms with Crippen LogP contribution in [0, 0.1) is 0 Å². The second kappa shape index (κ2) is 7.48. The predicted octanol–water partition coefficient (Wildman–Crippen LogP) is 6.51. The molecule has 0 bridgehead atoms. The van der Waals surface area contributed by atoms with Gasteiger partial charge >= 0.3 is 0 Å². The smallest absolute Gasteiger partial charge is 0.0393 e. The zero-order chi connectivity index (χ0) is 20.4. The number of hydrogen-bond acceptors (Lipinski definition) is 2. The molecule has 2 nitrogen and oxygen atoms in total. The summed E-state index contributed by atoms with van der Waals surface area (Å²) in [5.41, 5.74) is 20.8. The van der Waals surface area contributed by atoms with Crippen molar-refractivity contribution < 1.29 is 0 Å². The zero-order valence-corrected chi connectivity index (χ0v) is 16.9. The summed E-state index contributed by atoms with van der Waals surface area (Å²) < 4.78 is 0. The van der Waals surface area contributed by atoms with E-state index >= 15 is 0 Å². The molecule has 0 atom stereocenters.